The smallest absolute Gasteiger partial charge is 0.254 e. The molecule has 0 N–H and O–H groups in total. The van der Waals surface area contributed by atoms with Crippen LogP contribution in [0.25, 0.3) is 0 Å². The van der Waals surface area contributed by atoms with Crippen molar-refractivity contribution in [2.24, 2.45) is 0 Å². The van der Waals surface area contributed by atoms with Crippen molar-refractivity contribution in [2.75, 3.05) is 6.54 Å². The third kappa shape index (κ3) is 4.66. The van der Waals surface area contributed by atoms with Crippen LogP contribution in [-0.2, 0) is 13.1 Å². The molecule has 2 aromatic carbocycles. The van der Waals surface area contributed by atoms with E-state index in [1.54, 1.807) is 29.2 Å². The average Bonchev–Trinajstić information content (AvgIpc) is 3.00. The summed E-state index contributed by atoms with van der Waals surface area (Å²) < 4.78 is 15.0. The van der Waals surface area contributed by atoms with Crippen LogP contribution in [0.2, 0.25) is 0 Å². The Morgan fingerprint density at radius 1 is 1.11 bits per heavy atom. The van der Waals surface area contributed by atoms with Gasteiger partial charge in [-0.1, -0.05) is 30.2 Å². The van der Waals surface area contributed by atoms with Gasteiger partial charge >= 0.3 is 0 Å². The zero-order chi connectivity index (χ0) is 20.1. The number of hydrogen-bond acceptors (Lipinski definition) is 2. The van der Waals surface area contributed by atoms with E-state index in [0.717, 1.165) is 22.5 Å². The number of nitrogens with zero attached hydrogens (tertiary/aromatic N) is 3. The number of rotatable bonds is 6. The zero-order valence-corrected chi connectivity index (χ0v) is 16.0. The van der Waals surface area contributed by atoms with E-state index >= 15 is 0 Å². The second-order valence-corrected chi connectivity index (χ2v) is 6.77. The molecule has 142 valence electrons. The summed E-state index contributed by atoms with van der Waals surface area (Å²) in [4.78, 5) is 14.4. The molecule has 4 nitrogen and oxygen atoms in total. The van der Waals surface area contributed by atoms with E-state index in [4.69, 9.17) is 6.42 Å². The number of halogens is 1. The first kappa shape index (κ1) is 19.4. The molecule has 1 aromatic heterocycles. The van der Waals surface area contributed by atoms with E-state index in [2.05, 4.69) is 11.0 Å². The first-order valence-corrected chi connectivity index (χ1v) is 9.03. The first-order valence-electron chi connectivity index (χ1n) is 9.03. The maximum Gasteiger partial charge on any atom is 0.254 e. The molecule has 0 unspecified atom stereocenters. The Balaban J connectivity index is 1.73. The second-order valence-electron chi connectivity index (χ2n) is 6.77. The quantitative estimate of drug-likeness (QED) is 0.612. The summed E-state index contributed by atoms with van der Waals surface area (Å²) in [6, 6.07) is 15.6. The Morgan fingerprint density at radius 2 is 1.75 bits per heavy atom. The lowest BCUT2D eigenvalue weighted by molar-refractivity contribution is 0.0765. The van der Waals surface area contributed by atoms with Gasteiger partial charge in [-0.05, 0) is 55.3 Å². The standard InChI is InChI=1S/C23H22FN3O/c1-4-13-26(15-19-7-11-22(24)12-8-19)23(28)21-9-5-20(6-10-21)16-27-18(3)14-17(2)25-27/h1,5-12,14H,13,15-16H2,2-3H3. The Labute approximate surface area is 164 Å². The number of carbonyl (C=O) groups is 1. The molecule has 28 heavy (non-hydrogen) atoms. The number of carbonyl (C=O) groups excluding carboxylic acids is 1. The van der Waals surface area contributed by atoms with Crippen LogP contribution in [0.4, 0.5) is 4.39 Å². The molecule has 0 spiro atoms. The molecule has 0 bridgehead atoms. The van der Waals surface area contributed by atoms with Gasteiger partial charge in [0.05, 0.1) is 18.8 Å². The van der Waals surface area contributed by atoms with Gasteiger partial charge in [0.1, 0.15) is 5.82 Å². The molecule has 0 aliphatic heterocycles. The highest BCUT2D eigenvalue weighted by Crippen LogP contribution is 2.13. The number of terminal acetylenes is 1. The number of hydrogen-bond donors (Lipinski definition) is 0. The minimum atomic E-state index is -0.309. The molecule has 0 aliphatic carbocycles. The maximum absolute atomic E-state index is 13.1. The van der Waals surface area contributed by atoms with Crippen LogP contribution in [0.1, 0.15) is 32.9 Å². The van der Waals surface area contributed by atoms with Gasteiger partial charge in [0.2, 0.25) is 0 Å². The van der Waals surface area contributed by atoms with Gasteiger partial charge in [-0.3, -0.25) is 9.48 Å². The van der Waals surface area contributed by atoms with E-state index in [0.29, 0.717) is 18.7 Å². The molecule has 0 fully saturated rings. The van der Waals surface area contributed by atoms with Gasteiger partial charge in [-0.2, -0.15) is 5.10 Å². The fourth-order valence-electron chi connectivity index (χ4n) is 3.06. The highest BCUT2D eigenvalue weighted by Gasteiger charge is 2.15. The van der Waals surface area contributed by atoms with Gasteiger partial charge in [0.25, 0.3) is 5.91 Å². The molecule has 1 amide bonds. The summed E-state index contributed by atoms with van der Waals surface area (Å²) >= 11 is 0. The molecule has 3 rings (SSSR count). The molecule has 0 saturated heterocycles. The number of benzene rings is 2. The fourth-order valence-corrected chi connectivity index (χ4v) is 3.06. The van der Waals surface area contributed by atoms with Crippen molar-refractivity contribution in [2.45, 2.75) is 26.9 Å². The summed E-state index contributed by atoms with van der Waals surface area (Å²) in [5, 5.41) is 4.46. The highest BCUT2D eigenvalue weighted by atomic mass is 19.1. The molecular formula is C23H22FN3O. The largest absolute Gasteiger partial charge is 0.323 e. The zero-order valence-electron chi connectivity index (χ0n) is 16.0. The van der Waals surface area contributed by atoms with Crippen molar-refractivity contribution in [3.63, 3.8) is 0 Å². The number of amides is 1. The summed E-state index contributed by atoms with van der Waals surface area (Å²) in [5.41, 5.74) is 4.53. The topological polar surface area (TPSA) is 38.1 Å². The molecule has 0 radical (unpaired) electrons. The monoisotopic (exact) mass is 375 g/mol. The first-order chi connectivity index (χ1) is 13.5. The third-order valence-corrected chi connectivity index (χ3v) is 4.49. The summed E-state index contributed by atoms with van der Waals surface area (Å²) in [5.74, 6) is 2.06. The second kappa shape index (κ2) is 8.53. The summed E-state index contributed by atoms with van der Waals surface area (Å²) in [6.07, 6.45) is 5.44. The van der Waals surface area contributed by atoms with Crippen LogP contribution < -0.4 is 0 Å². The Kier molecular flexibility index (Phi) is 5.90. The third-order valence-electron chi connectivity index (χ3n) is 4.49. The summed E-state index contributed by atoms with van der Waals surface area (Å²) in [6.45, 7) is 5.15. The molecule has 5 heteroatoms. The Morgan fingerprint density at radius 3 is 2.32 bits per heavy atom. The van der Waals surface area contributed by atoms with E-state index < -0.39 is 0 Å². The van der Waals surface area contributed by atoms with Crippen molar-refractivity contribution in [1.29, 1.82) is 0 Å². The Bertz CT molecular complexity index is 998. The van der Waals surface area contributed by atoms with Crippen molar-refractivity contribution in [3.05, 3.63) is 88.5 Å². The predicted octanol–water partition coefficient (Wildman–Crippen LogP) is 3.96. The van der Waals surface area contributed by atoms with Crippen LogP contribution >= 0.6 is 0 Å². The molecule has 0 aliphatic rings. The summed E-state index contributed by atoms with van der Waals surface area (Å²) in [7, 11) is 0. The lowest BCUT2D eigenvalue weighted by Crippen LogP contribution is -2.31. The van der Waals surface area contributed by atoms with Crippen molar-refractivity contribution in [1.82, 2.24) is 14.7 Å². The maximum atomic E-state index is 13.1. The average molecular weight is 375 g/mol. The van der Waals surface area contributed by atoms with Crippen LogP contribution in [-0.4, -0.2) is 27.1 Å². The molecule has 3 aromatic rings. The lowest BCUT2D eigenvalue weighted by atomic mass is 10.1. The van der Waals surface area contributed by atoms with Gasteiger partial charge in [-0.15, -0.1) is 6.42 Å². The Hall–Kier alpha value is -3.39. The number of aromatic nitrogens is 2. The minimum absolute atomic E-state index is 0.153. The molecule has 1 heterocycles. The van der Waals surface area contributed by atoms with Crippen molar-refractivity contribution >= 4 is 5.91 Å². The minimum Gasteiger partial charge on any atom is -0.323 e. The number of aryl methyl sites for hydroxylation is 2. The molecular weight excluding hydrogens is 353 g/mol. The van der Waals surface area contributed by atoms with Gasteiger partial charge in [-0.25, -0.2) is 4.39 Å². The van der Waals surface area contributed by atoms with E-state index in [9.17, 15) is 9.18 Å². The van der Waals surface area contributed by atoms with E-state index in [1.165, 1.54) is 12.1 Å². The predicted molar refractivity (Wildman–Crippen MR) is 107 cm³/mol. The van der Waals surface area contributed by atoms with E-state index in [-0.39, 0.29) is 18.3 Å². The van der Waals surface area contributed by atoms with E-state index in [1.807, 2.05) is 36.7 Å². The van der Waals surface area contributed by atoms with Crippen LogP contribution in [0.15, 0.2) is 54.6 Å². The van der Waals surface area contributed by atoms with Crippen LogP contribution in [0, 0.1) is 32.0 Å². The SMILES string of the molecule is C#CCN(Cc1ccc(F)cc1)C(=O)c1ccc(Cn2nc(C)cc2C)cc1. The fraction of sp³-hybridized carbons (Fsp3) is 0.217. The molecule has 0 saturated carbocycles. The lowest BCUT2D eigenvalue weighted by Gasteiger charge is -2.20. The molecule has 0 atom stereocenters. The highest BCUT2D eigenvalue weighted by molar-refractivity contribution is 5.94. The van der Waals surface area contributed by atoms with Crippen LogP contribution in [0.5, 0.6) is 0 Å². The van der Waals surface area contributed by atoms with Gasteiger partial charge < -0.3 is 4.90 Å². The van der Waals surface area contributed by atoms with Crippen molar-refractivity contribution < 1.29 is 9.18 Å². The van der Waals surface area contributed by atoms with Gasteiger partial charge in [0, 0.05) is 17.8 Å². The van der Waals surface area contributed by atoms with Crippen molar-refractivity contribution in [3.8, 4) is 12.3 Å². The normalized spacial score (nSPS) is 10.5. The van der Waals surface area contributed by atoms with Crippen LogP contribution in [0.3, 0.4) is 0 Å². The van der Waals surface area contributed by atoms with Gasteiger partial charge in [0.15, 0.2) is 0 Å².